The van der Waals surface area contributed by atoms with Gasteiger partial charge in [-0.1, -0.05) is 88.8 Å². The number of aromatic nitrogens is 6. The number of fused-ring (bicyclic) bond motifs is 1. The van der Waals surface area contributed by atoms with Crippen LogP contribution < -0.4 is 10.2 Å². The Morgan fingerprint density at radius 3 is 2.49 bits per heavy atom. The van der Waals surface area contributed by atoms with Crippen LogP contribution in [0, 0.1) is 6.92 Å². The van der Waals surface area contributed by atoms with E-state index < -0.39 is 0 Å². The molecule has 6 rings (SSSR count). The van der Waals surface area contributed by atoms with E-state index in [9.17, 15) is 4.79 Å². The number of hydrogen-bond donors (Lipinski definition) is 2. The van der Waals surface area contributed by atoms with Gasteiger partial charge in [-0.2, -0.15) is 5.21 Å². The van der Waals surface area contributed by atoms with Gasteiger partial charge in [0.2, 0.25) is 5.82 Å². The molecule has 0 saturated heterocycles. The zero-order chi connectivity index (χ0) is 31.9. The van der Waals surface area contributed by atoms with E-state index in [4.69, 9.17) is 4.98 Å². The molecular formula is C37H48N8O2. The van der Waals surface area contributed by atoms with Gasteiger partial charge in [0, 0.05) is 30.3 Å². The second-order valence-electron chi connectivity index (χ2n) is 12.5. The summed E-state index contributed by atoms with van der Waals surface area (Å²) < 4.78 is 2.28. The van der Waals surface area contributed by atoms with E-state index in [1.54, 1.807) is 0 Å². The molecule has 248 valence electrons. The molecule has 0 unspecified atom stereocenters. The summed E-state index contributed by atoms with van der Waals surface area (Å²) in [5.74, 6) is 1.56. The first-order chi connectivity index (χ1) is 22.6. The fourth-order valence-corrected chi connectivity index (χ4v) is 6.78. The molecule has 3 aromatic carbocycles. The average Bonchev–Trinajstić information content (AvgIpc) is 3.74. The number of imidazole rings is 1. The van der Waals surface area contributed by atoms with E-state index in [-0.39, 0.29) is 17.5 Å². The lowest BCUT2D eigenvalue weighted by atomic mass is 9.94. The molecule has 1 saturated carbocycles. The molecule has 47 heavy (non-hydrogen) atoms. The van der Waals surface area contributed by atoms with Gasteiger partial charge in [-0.15, -0.1) is 10.2 Å². The first kappa shape index (κ1) is 33.8. The number of urea groups is 1. The van der Waals surface area contributed by atoms with Crippen molar-refractivity contribution in [2.24, 2.45) is 0 Å². The van der Waals surface area contributed by atoms with Gasteiger partial charge in [-0.3, -0.25) is 9.47 Å². The molecule has 0 bridgehead atoms. The molecule has 1 aliphatic rings. The number of rotatable bonds is 12. The molecule has 5 aromatic rings. The Morgan fingerprint density at radius 2 is 1.77 bits per heavy atom. The third-order valence-corrected chi connectivity index (χ3v) is 9.27. The molecule has 10 heteroatoms. The fraction of sp³-hybridized carbons (Fsp3) is 0.432. The Bertz CT molecular complexity index is 1740. The summed E-state index contributed by atoms with van der Waals surface area (Å²) >= 11 is 0. The van der Waals surface area contributed by atoms with Gasteiger partial charge < -0.3 is 10.8 Å². The smallest absolute Gasteiger partial charge is 0.322 e. The first-order valence-corrected chi connectivity index (χ1v) is 17.1. The van der Waals surface area contributed by atoms with Crippen LogP contribution in [0.25, 0.3) is 39.2 Å². The molecule has 2 heterocycles. The maximum Gasteiger partial charge on any atom is 0.322 e. The Hall–Kier alpha value is -4.57. The number of nitrogens with zero attached hydrogens (tertiary/aromatic N) is 6. The zero-order valence-corrected chi connectivity index (χ0v) is 27.9. The molecule has 0 spiro atoms. The molecule has 2 aromatic heterocycles. The first-order valence-electron chi connectivity index (χ1n) is 17.1. The van der Waals surface area contributed by atoms with Crippen molar-refractivity contribution < 1.29 is 10.3 Å². The molecule has 0 radical (unpaired) electrons. The largest absolute Gasteiger partial charge is 0.412 e. The summed E-state index contributed by atoms with van der Waals surface area (Å²) in [6.07, 6.45) is 11.8. The van der Waals surface area contributed by atoms with Crippen molar-refractivity contribution in [3.63, 3.8) is 0 Å². The number of unbranched alkanes of at least 4 members (excludes halogenated alkanes) is 3. The van der Waals surface area contributed by atoms with Crippen molar-refractivity contribution >= 4 is 22.8 Å². The van der Waals surface area contributed by atoms with E-state index in [1.165, 1.54) is 19.3 Å². The van der Waals surface area contributed by atoms with Crippen LogP contribution >= 0.6 is 0 Å². The van der Waals surface area contributed by atoms with E-state index >= 15 is 0 Å². The van der Waals surface area contributed by atoms with Crippen molar-refractivity contribution in [2.75, 3.05) is 11.4 Å². The average molecular weight is 637 g/mol. The van der Waals surface area contributed by atoms with Crippen LogP contribution in [0.5, 0.6) is 0 Å². The highest BCUT2D eigenvalue weighted by atomic mass is 16.2. The third kappa shape index (κ3) is 7.38. The number of nitrogens with one attached hydrogen (secondary N) is 2. The van der Waals surface area contributed by atoms with Crippen LogP contribution in [0.4, 0.5) is 10.5 Å². The van der Waals surface area contributed by atoms with E-state index in [0.29, 0.717) is 12.4 Å². The minimum atomic E-state index is 0. The highest BCUT2D eigenvalue weighted by Gasteiger charge is 2.24. The molecule has 10 nitrogen and oxygen atoms in total. The number of hydrogen-bond acceptors (Lipinski definition) is 5. The van der Waals surface area contributed by atoms with Crippen LogP contribution in [-0.4, -0.2) is 54.3 Å². The highest BCUT2D eigenvalue weighted by Crippen LogP contribution is 2.38. The molecule has 1 fully saturated rings. The van der Waals surface area contributed by atoms with Gasteiger partial charge >= 0.3 is 6.03 Å². The zero-order valence-electron chi connectivity index (χ0n) is 27.9. The molecule has 4 N–H and O–H groups in total. The topological polar surface area (TPSA) is 136 Å². The Labute approximate surface area is 277 Å². The van der Waals surface area contributed by atoms with Crippen molar-refractivity contribution in [3.8, 4) is 28.2 Å². The molecule has 0 aliphatic heterocycles. The number of tetrazole rings is 1. The lowest BCUT2D eigenvalue weighted by Gasteiger charge is -2.28. The summed E-state index contributed by atoms with van der Waals surface area (Å²) in [7, 11) is 0. The SMILES string of the molecule is CCCCCN(C(=O)NC1CCCCC1)c1ccc2nc(CCCC)n(-c3ccc(-c4ccccc4)c(-c4nn[nH]n4)c3C)c2c1.O. The Balaban J connectivity index is 0.00000433. The number of anilines is 1. The van der Waals surface area contributed by atoms with Crippen molar-refractivity contribution in [1.82, 2.24) is 35.5 Å². The van der Waals surface area contributed by atoms with E-state index in [2.05, 4.69) is 93.7 Å². The predicted molar refractivity (Wildman–Crippen MR) is 189 cm³/mol. The number of aromatic amines is 1. The van der Waals surface area contributed by atoms with Gasteiger partial charge in [0.05, 0.1) is 16.7 Å². The molecule has 2 amide bonds. The number of aryl methyl sites for hydroxylation is 1. The fourth-order valence-electron chi connectivity index (χ4n) is 6.78. The molecule has 1 aliphatic carbocycles. The monoisotopic (exact) mass is 636 g/mol. The number of amides is 2. The van der Waals surface area contributed by atoms with Crippen molar-refractivity contribution in [3.05, 3.63) is 72.1 Å². The summed E-state index contributed by atoms with van der Waals surface area (Å²) in [6.45, 7) is 7.21. The predicted octanol–water partition coefficient (Wildman–Crippen LogP) is 7.74. The standard InChI is InChI=1S/C37H46N8O.H2O/c1-4-6-14-24-44(37(46)38-28-17-12-9-13-18-28)29-20-22-31-33(25-29)45(34(39-31)19-7-5-2)32-23-21-30(27-15-10-8-11-16-27)35(26(32)3)36-40-42-43-41-36;/h8,10-11,15-16,20-23,25,28H,4-7,9,12-14,17-19,24H2,1-3H3,(H,38,46)(H,40,41,42,43);1H2. The Morgan fingerprint density at radius 1 is 0.979 bits per heavy atom. The Kier molecular flexibility index (Phi) is 11.4. The van der Waals surface area contributed by atoms with Crippen molar-refractivity contribution in [2.45, 2.75) is 97.4 Å². The summed E-state index contributed by atoms with van der Waals surface area (Å²) in [5, 5.41) is 18.7. The quantitative estimate of drug-likeness (QED) is 0.135. The second-order valence-corrected chi connectivity index (χ2v) is 12.5. The van der Waals surface area contributed by atoms with Crippen molar-refractivity contribution in [1.29, 1.82) is 0 Å². The van der Waals surface area contributed by atoms with E-state index in [0.717, 1.165) is 102 Å². The second kappa shape index (κ2) is 15.8. The maximum absolute atomic E-state index is 13.8. The third-order valence-electron chi connectivity index (χ3n) is 9.27. The number of benzene rings is 3. The van der Waals surface area contributed by atoms with Crippen LogP contribution in [-0.2, 0) is 6.42 Å². The number of carbonyl (C=O) groups excluding carboxylic acids is 1. The van der Waals surface area contributed by atoms with Gasteiger partial charge in [0.1, 0.15) is 5.82 Å². The molecular weight excluding hydrogens is 588 g/mol. The summed E-state index contributed by atoms with van der Waals surface area (Å²) in [6, 6.07) is 21.2. The highest BCUT2D eigenvalue weighted by molar-refractivity contribution is 5.95. The van der Waals surface area contributed by atoms with Crippen LogP contribution in [0.1, 0.15) is 89.4 Å². The number of carbonyl (C=O) groups is 1. The van der Waals surface area contributed by atoms with Gasteiger partial charge in [-0.05, 0) is 78.8 Å². The van der Waals surface area contributed by atoms with Gasteiger partial charge in [0.15, 0.2) is 0 Å². The minimum Gasteiger partial charge on any atom is -0.412 e. The normalized spacial score (nSPS) is 13.4. The molecule has 0 atom stereocenters. The number of H-pyrrole nitrogens is 1. The lowest BCUT2D eigenvalue weighted by Crippen LogP contribution is -2.46. The van der Waals surface area contributed by atoms with Crippen LogP contribution in [0.2, 0.25) is 0 Å². The summed E-state index contributed by atoms with van der Waals surface area (Å²) in [4.78, 5) is 20.9. The summed E-state index contributed by atoms with van der Waals surface area (Å²) in [5.41, 5.74) is 7.95. The van der Waals surface area contributed by atoms with Gasteiger partial charge in [0.25, 0.3) is 0 Å². The van der Waals surface area contributed by atoms with Crippen LogP contribution in [0.3, 0.4) is 0 Å². The van der Waals surface area contributed by atoms with Gasteiger partial charge in [-0.25, -0.2) is 9.78 Å². The minimum absolute atomic E-state index is 0. The lowest BCUT2D eigenvalue weighted by molar-refractivity contribution is 0.238. The van der Waals surface area contributed by atoms with Crippen LogP contribution in [0.15, 0.2) is 60.7 Å². The van der Waals surface area contributed by atoms with E-state index in [1.807, 2.05) is 23.1 Å². The maximum atomic E-state index is 13.8.